The number of benzene rings is 2. The second kappa shape index (κ2) is 8.16. The van der Waals surface area contributed by atoms with Gasteiger partial charge in [0.05, 0.1) is 18.8 Å². The molecular formula is C22H21N3O4S. The van der Waals surface area contributed by atoms with Crippen LogP contribution in [0.2, 0.25) is 0 Å². The first kappa shape index (κ1) is 19.9. The summed E-state index contributed by atoms with van der Waals surface area (Å²) < 4.78 is 12.9. The number of methoxy groups -OCH3 is 2. The zero-order valence-electron chi connectivity index (χ0n) is 16.9. The van der Waals surface area contributed by atoms with Crippen LogP contribution in [0.1, 0.15) is 22.8 Å². The number of rotatable bonds is 5. The highest BCUT2D eigenvalue weighted by Gasteiger charge is 2.17. The van der Waals surface area contributed by atoms with Crippen LogP contribution >= 0.6 is 11.3 Å². The maximum atomic E-state index is 13.0. The van der Waals surface area contributed by atoms with Crippen LogP contribution in [0.5, 0.6) is 11.5 Å². The third-order valence-electron chi connectivity index (χ3n) is 4.90. The van der Waals surface area contributed by atoms with Crippen LogP contribution in [-0.4, -0.2) is 31.2 Å². The van der Waals surface area contributed by atoms with Crippen molar-refractivity contribution in [2.24, 2.45) is 4.99 Å². The molecule has 0 N–H and O–H groups in total. The van der Waals surface area contributed by atoms with Crippen molar-refractivity contribution in [2.45, 2.75) is 13.6 Å². The first-order valence-electron chi connectivity index (χ1n) is 9.34. The summed E-state index contributed by atoms with van der Waals surface area (Å²) >= 11 is 1.36. The zero-order valence-corrected chi connectivity index (χ0v) is 17.7. The lowest BCUT2D eigenvalue weighted by atomic mass is 10.1. The Kier molecular flexibility index (Phi) is 5.41. The molecule has 0 spiro atoms. The minimum atomic E-state index is -0.0963. The lowest BCUT2D eigenvalue weighted by Crippen LogP contribution is -2.42. The Morgan fingerprint density at radius 2 is 1.93 bits per heavy atom. The number of aromatic nitrogens is 1. The number of nitrogens with zero attached hydrogens (tertiary/aromatic N) is 3. The van der Waals surface area contributed by atoms with Gasteiger partial charge >= 0.3 is 0 Å². The molecule has 1 aromatic heterocycles. The molecule has 0 unspecified atom stereocenters. The molecule has 1 aliphatic heterocycles. The van der Waals surface area contributed by atoms with Gasteiger partial charge in [-0.3, -0.25) is 14.2 Å². The maximum Gasteiger partial charge on any atom is 0.271 e. The van der Waals surface area contributed by atoms with Gasteiger partial charge in [-0.25, -0.2) is 4.99 Å². The summed E-state index contributed by atoms with van der Waals surface area (Å²) in [5.41, 5.74) is 2.25. The van der Waals surface area contributed by atoms with Crippen LogP contribution in [0, 0.1) is 0 Å². The number of carbonyl (C=O) groups is 1. The highest BCUT2D eigenvalue weighted by molar-refractivity contribution is 7.07. The quantitative estimate of drug-likeness (QED) is 0.587. The number of carbonyl (C=O) groups excluding carboxylic acids is 1. The highest BCUT2D eigenvalue weighted by Crippen LogP contribution is 2.27. The molecule has 4 rings (SSSR count). The molecule has 7 nitrogen and oxygen atoms in total. The van der Waals surface area contributed by atoms with Gasteiger partial charge in [-0.1, -0.05) is 29.5 Å². The highest BCUT2D eigenvalue weighted by atomic mass is 32.1. The van der Waals surface area contributed by atoms with Crippen molar-refractivity contribution >= 4 is 28.9 Å². The van der Waals surface area contributed by atoms with E-state index < -0.39 is 0 Å². The number of ketones is 1. The number of fused-ring (bicyclic) bond motifs is 1. The predicted molar refractivity (Wildman–Crippen MR) is 116 cm³/mol. The summed E-state index contributed by atoms with van der Waals surface area (Å²) in [6.45, 7) is 2.35. The molecule has 0 fully saturated rings. The van der Waals surface area contributed by atoms with Crippen LogP contribution in [0.15, 0.2) is 52.3 Å². The second-order valence-corrected chi connectivity index (χ2v) is 7.84. The van der Waals surface area contributed by atoms with Crippen LogP contribution in [0.25, 0.3) is 6.08 Å². The summed E-state index contributed by atoms with van der Waals surface area (Å²) in [6, 6.07) is 12.9. The topological polar surface area (TPSA) is 73.1 Å². The smallest absolute Gasteiger partial charge is 0.271 e. The largest absolute Gasteiger partial charge is 0.493 e. The van der Waals surface area contributed by atoms with Crippen molar-refractivity contribution in [3.8, 4) is 11.5 Å². The van der Waals surface area contributed by atoms with Crippen molar-refractivity contribution < 1.29 is 14.3 Å². The average molecular weight is 423 g/mol. The van der Waals surface area contributed by atoms with Crippen molar-refractivity contribution in [3.05, 3.63) is 73.3 Å². The number of thiazole rings is 1. The molecule has 0 aliphatic carbocycles. The number of hydrogen-bond acceptors (Lipinski definition) is 7. The Morgan fingerprint density at radius 3 is 2.67 bits per heavy atom. The first-order valence-corrected chi connectivity index (χ1v) is 10.2. The van der Waals surface area contributed by atoms with E-state index in [1.165, 1.54) is 18.3 Å². The molecule has 0 radical (unpaired) electrons. The summed E-state index contributed by atoms with van der Waals surface area (Å²) in [7, 11) is 3.16. The van der Waals surface area contributed by atoms with E-state index in [0.29, 0.717) is 39.7 Å². The van der Waals surface area contributed by atoms with E-state index in [2.05, 4.69) is 4.99 Å². The Hall–Kier alpha value is -3.39. The number of hydrogen-bond donors (Lipinski definition) is 0. The fourth-order valence-corrected chi connectivity index (χ4v) is 4.25. The molecule has 3 aromatic rings. The van der Waals surface area contributed by atoms with Gasteiger partial charge in [0.25, 0.3) is 5.56 Å². The number of ether oxygens (including phenoxy) is 2. The van der Waals surface area contributed by atoms with Gasteiger partial charge in [-0.05, 0) is 42.8 Å². The van der Waals surface area contributed by atoms with Gasteiger partial charge < -0.3 is 14.4 Å². The fraction of sp³-hybridized carbons (Fsp3) is 0.227. The summed E-state index contributed by atoms with van der Waals surface area (Å²) in [6.07, 6.45) is 1.83. The van der Waals surface area contributed by atoms with Gasteiger partial charge in [0.1, 0.15) is 13.3 Å². The fourth-order valence-electron chi connectivity index (χ4n) is 3.29. The zero-order chi connectivity index (χ0) is 21.3. The van der Waals surface area contributed by atoms with E-state index in [1.807, 2.05) is 47.4 Å². The van der Waals surface area contributed by atoms with E-state index in [-0.39, 0.29) is 11.3 Å². The Balaban J connectivity index is 1.68. The van der Waals surface area contributed by atoms with Crippen molar-refractivity contribution in [3.63, 3.8) is 0 Å². The number of Topliss-reactive ketones (excluding diaryl/α,β-unsaturated/α-hetero) is 1. The van der Waals surface area contributed by atoms with Gasteiger partial charge in [-0.2, -0.15) is 0 Å². The first-order chi connectivity index (χ1) is 14.5. The van der Waals surface area contributed by atoms with Crippen LogP contribution in [0.4, 0.5) is 5.69 Å². The normalized spacial score (nSPS) is 13.6. The average Bonchev–Trinajstić information content (AvgIpc) is 3.08. The van der Waals surface area contributed by atoms with E-state index in [0.717, 1.165) is 11.3 Å². The van der Waals surface area contributed by atoms with Crippen LogP contribution < -0.4 is 29.3 Å². The minimum Gasteiger partial charge on any atom is -0.493 e. The van der Waals surface area contributed by atoms with E-state index in [1.54, 1.807) is 24.9 Å². The van der Waals surface area contributed by atoms with Crippen LogP contribution in [0.3, 0.4) is 0 Å². The molecule has 8 heteroatoms. The molecule has 0 amide bonds. The lowest BCUT2D eigenvalue weighted by molar-refractivity contribution is 0.101. The molecule has 0 saturated carbocycles. The molecule has 2 aromatic carbocycles. The molecule has 154 valence electrons. The van der Waals surface area contributed by atoms with E-state index in [9.17, 15) is 9.59 Å². The molecule has 0 saturated heterocycles. The third kappa shape index (κ3) is 3.73. The molecule has 2 heterocycles. The van der Waals surface area contributed by atoms with Crippen molar-refractivity contribution in [2.75, 3.05) is 25.8 Å². The molecule has 0 bridgehead atoms. The lowest BCUT2D eigenvalue weighted by Gasteiger charge is -2.25. The summed E-state index contributed by atoms with van der Waals surface area (Å²) in [4.78, 5) is 31.9. The third-order valence-corrected chi connectivity index (χ3v) is 5.94. The van der Waals surface area contributed by atoms with E-state index >= 15 is 0 Å². The molecule has 1 aliphatic rings. The molecular weight excluding hydrogens is 402 g/mol. The Morgan fingerprint density at radius 1 is 1.13 bits per heavy atom. The van der Waals surface area contributed by atoms with Gasteiger partial charge in [0.15, 0.2) is 22.1 Å². The Bertz CT molecular complexity index is 1290. The van der Waals surface area contributed by atoms with Gasteiger partial charge in [-0.15, -0.1) is 0 Å². The minimum absolute atomic E-state index is 0.00555. The van der Waals surface area contributed by atoms with Crippen LogP contribution in [-0.2, 0) is 6.67 Å². The summed E-state index contributed by atoms with van der Waals surface area (Å²) in [5.74, 6) is 1.25. The van der Waals surface area contributed by atoms with Gasteiger partial charge in [0, 0.05) is 11.3 Å². The number of anilines is 1. The van der Waals surface area contributed by atoms with Crippen molar-refractivity contribution in [1.82, 2.24) is 4.57 Å². The Labute approximate surface area is 177 Å². The standard InChI is InChI=1S/C22H21N3O4S/c1-14(26)16-5-4-6-17(11-16)24-12-23-22-25(13-24)21(27)20(30-22)10-15-7-8-18(28-2)19(9-15)29-3/h4-11H,12-13H2,1-3H3. The second-order valence-electron chi connectivity index (χ2n) is 6.83. The van der Waals surface area contributed by atoms with E-state index in [4.69, 9.17) is 9.47 Å². The SMILES string of the molecule is COc1ccc(C=c2sc3n(c2=O)CN(c2cccc(C(C)=O)c2)CN=3)cc1OC. The summed E-state index contributed by atoms with van der Waals surface area (Å²) in [5, 5.41) is 0. The predicted octanol–water partition coefficient (Wildman–Crippen LogP) is 2.01. The molecule has 30 heavy (non-hydrogen) atoms. The maximum absolute atomic E-state index is 13.0. The monoisotopic (exact) mass is 423 g/mol. The van der Waals surface area contributed by atoms with Crippen molar-refractivity contribution in [1.29, 1.82) is 0 Å². The molecule has 0 atom stereocenters. The van der Waals surface area contributed by atoms with Gasteiger partial charge in [0.2, 0.25) is 0 Å².